The molecule has 2 aliphatic carbocycles. The molecule has 5 rings (SSSR count). The Hall–Kier alpha value is -2.73. The average Bonchev–Trinajstić information content (AvgIpc) is 3.49. The minimum atomic E-state index is -2.97. The van der Waals surface area contributed by atoms with Crippen molar-refractivity contribution in [3.8, 4) is 17.4 Å². The van der Waals surface area contributed by atoms with Gasteiger partial charge in [-0.3, -0.25) is 4.79 Å². The van der Waals surface area contributed by atoms with Gasteiger partial charge in [0.2, 0.25) is 5.89 Å². The molecule has 2 aromatic rings. The Morgan fingerprint density at radius 3 is 2.42 bits per heavy atom. The summed E-state index contributed by atoms with van der Waals surface area (Å²) in [4.78, 5) is 20.4. The average molecular weight is 542 g/mol. The highest BCUT2D eigenvalue weighted by Crippen LogP contribution is 2.51. The van der Waals surface area contributed by atoms with Crippen LogP contribution in [0.15, 0.2) is 28.7 Å². The predicted molar refractivity (Wildman–Crippen MR) is 143 cm³/mol. The van der Waals surface area contributed by atoms with Crippen LogP contribution in [0, 0.1) is 22.7 Å². The van der Waals surface area contributed by atoms with Crippen molar-refractivity contribution in [2.45, 2.75) is 76.8 Å². The van der Waals surface area contributed by atoms with Gasteiger partial charge >= 0.3 is 0 Å². The van der Waals surface area contributed by atoms with Crippen molar-refractivity contribution < 1.29 is 22.0 Å². The summed E-state index contributed by atoms with van der Waals surface area (Å²) >= 11 is 0. The SMILES string of the molecule is CC(C)(C)c1nc([C@@H]2CC[C@H](F)C[C@H]2C(=O)CC2(C#N)CC2)c(-c2ccc(N3CCS(=O)(=O)CC3)cc2)o1. The second kappa shape index (κ2) is 9.78. The Kier molecular flexibility index (Phi) is 6.91. The van der Waals surface area contributed by atoms with Crippen molar-refractivity contribution >= 4 is 21.3 Å². The molecule has 38 heavy (non-hydrogen) atoms. The van der Waals surface area contributed by atoms with Gasteiger partial charge in [0.25, 0.3) is 0 Å². The molecule has 2 saturated carbocycles. The summed E-state index contributed by atoms with van der Waals surface area (Å²) in [5.74, 6) is 0.617. The first-order chi connectivity index (χ1) is 17.9. The normalized spacial score (nSPS) is 26.5. The number of hydrogen-bond donors (Lipinski definition) is 0. The molecular formula is C29H36FN3O4S. The third-order valence-electron chi connectivity index (χ3n) is 8.29. The molecule has 1 aliphatic heterocycles. The fraction of sp³-hybridized carbons (Fsp3) is 0.621. The Morgan fingerprint density at radius 1 is 1.18 bits per heavy atom. The Labute approximate surface area is 224 Å². The van der Waals surface area contributed by atoms with Crippen LogP contribution in [0.25, 0.3) is 11.3 Å². The van der Waals surface area contributed by atoms with E-state index in [1.54, 1.807) is 0 Å². The minimum absolute atomic E-state index is 0.0435. The number of aromatic nitrogens is 1. The second-order valence-corrected chi connectivity index (χ2v) is 14.6. The van der Waals surface area contributed by atoms with Crippen molar-refractivity contribution in [3.05, 3.63) is 35.9 Å². The Bertz CT molecular complexity index is 1340. The van der Waals surface area contributed by atoms with E-state index in [0.717, 1.165) is 24.1 Å². The maximum atomic E-state index is 14.6. The van der Waals surface area contributed by atoms with Gasteiger partial charge in [-0.15, -0.1) is 0 Å². The molecular weight excluding hydrogens is 505 g/mol. The van der Waals surface area contributed by atoms with E-state index in [1.807, 2.05) is 45.0 Å². The number of alkyl halides is 1. The summed E-state index contributed by atoms with van der Waals surface area (Å²) in [6.07, 6.45) is 1.61. The third kappa shape index (κ3) is 5.51. The highest BCUT2D eigenvalue weighted by atomic mass is 32.2. The molecule has 1 aromatic carbocycles. The van der Waals surface area contributed by atoms with E-state index in [1.165, 1.54) is 0 Å². The molecule has 1 saturated heterocycles. The van der Waals surface area contributed by atoms with Crippen LogP contribution in [0.4, 0.5) is 10.1 Å². The highest BCUT2D eigenvalue weighted by Gasteiger charge is 2.48. The first-order valence-corrected chi connectivity index (χ1v) is 15.4. The molecule has 0 amide bonds. The summed E-state index contributed by atoms with van der Waals surface area (Å²) in [6.45, 7) is 6.98. The zero-order valence-electron chi connectivity index (χ0n) is 22.4. The van der Waals surface area contributed by atoms with Crippen molar-refractivity contribution in [3.63, 3.8) is 0 Å². The lowest BCUT2D eigenvalue weighted by Crippen LogP contribution is -2.40. The fourth-order valence-electron chi connectivity index (χ4n) is 5.65. The van der Waals surface area contributed by atoms with Gasteiger partial charge < -0.3 is 9.32 Å². The lowest BCUT2D eigenvalue weighted by Gasteiger charge is -2.32. The summed E-state index contributed by atoms with van der Waals surface area (Å²) < 4.78 is 44.6. The van der Waals surface area contributed by atoms with Crippen LogP contribution in [0.1, 0.15) is 76.8 Å². The molecule has 0 unspecified atom stereocenters. The Balaban J connectivity index is 1.47. The van der Waals surface area contributed by atoms with Crippen LogP contribution < -0.4 is 4.90 Å². The van der Waals surface area contributed by atoms with Crippen LogP contribution >= 0.6 is 0 Å². The molecule has 0 bridgehead atoms. The molecule has 0 spiro atoms. The van der Waals surface area contributed by atoms with Gasteiger partial charge in [0.1, 0.15) is 12.0 Å². The third-order valence-corrected chi connectivity index (χ3v) is 9.90. The summed E-state index contributed by atoms with van der Waals surface area (Å²) in [5, 5.41) is 9.53. The van der Waals surface area contributed by atoms with Crippen LogP contribution in [0.2, 0.25) is 0 Å². The van der Waals surface area contributed by atoms with Crippen LogP contribution in [0.5, 0.6) is 0 Å². The summed E-state index contributed by atoms with van der Waals surface area (Å²) in [7, 11) is -2.97. The van der Waals surface area contributed by atoms with Gasteiger partial charge in [0.05, 0.1) is 28.7 Å². The number of nitrogens with zero attached hydrogens (tertiary/aromatic N) is 3. The van der Waals surface area contributed by atoms with E-state index in [9.17, 15) is 22.9 Å². The molecule has 7 nitrogen and oxygen atoms in total. The number of Topliss-reactive ketones (excluding diaryl/α,β-unsaturated/α-hetero) is 1. The molecule has 204 valence electrons. The lowest BCUT2D eigenvalue weighted by molar-refractivity contribution is -0.126. The van der Waals surface area contributed by atoms with E-state index in [2.05, 4.69) is 11.0 Å². The van der Waals surface area contributed by atoms with E-state index in [4.69, 9.17) is 9.40 Å². The van der Waals surface area contributed by atoms with Crippen LogP contribution in [-0.2, 0) is 20.0 Å². The smallest absolute Gasteiger partial charge is 0.200 e. The fourth-order valence-corrected chi connectivity index (χ4v) is 6.85. The minimum Gasteiger partial charge on any atom is -0.440 e. The zero-order valence-corrected chi connectivity index (χ0v) is 23.2. The van der Waals surface area contributed by atoms with Crippen molar-refractivity contribution in [1.82, 2.24) is 4.98 Å². The number of nitriles is 1. The van der Waals surface area contributed by atoms with Crippen molar-refractivity contribution in [1.29, 1.82) is 5.26 Å². The van der Waals surface area contributed by atoms with Crippen LogP contribution in [-0.4, -0.2) is 50.0 Å². The quantitative estimate of drug-likeness (QED) is 0.485. The summed E-state index contributed by atoms with van der Waals surface area (Å²) in [6, 6.07) is 10.1. The monoisotopic (exact) mass is 541 g/mol. The van der Waals surface area contributed by atoms with Gasteiger partial charge in [-0.1, -0.05) is 20.8 Å². The topological polar surface area (TPSA) is 104 Å². The molecule has 3 fully saturated rings. The molecule has 1 aromatic heterocycles. The predicted octanol–water partition coefficient (Wildman–Crippen LogP) is 5.36. The molecule has 9 heteroatoms. The lowest BCUT2D eigenvalue weighted by atomic mass is 9.72. The first-order valence-electron chi connectivity index (χ1n) is 13.5. The Morgan fingerprint density at radius 2 is 1.84 bits per heavy atom. The maximum Gasteiger partial charge on any atom is 0.200 e. The number of oxazole rings is 1. The first kappa shape index (κ1) is 26.9. The summed E-state index contributed by atoms with van der Waals surface area (Å²) in [5.41, 5.74) is 1.53. The number of carbonyl (C=O) groups is 1. The number of rotatable bonds is 6. The molecule has 3 aliphatic rings. The van der Waals surface area contributed by atoms with Gasteiger partial charge in [-0.25, -0.2) is 17.8 Å². The van der Waals surface area contributed by atoms with Crippen LogP contribution in [0.3, 0.4) is 0 Å². The van der Waals surface area contributed by atoms with Crippen molar-refractivity contribution in [2.24, 2.45) is 11.3 Å². The second-order valence-electron chi connectivity index (χ2n) is 12.3. The van der Waals surface area contributed by atoms with Gasteiger partial charge in [-0.05, 0) is 56.4 Å². The largest absolute Gasteiger partial charge is 0.440 e. The van der Waals surface area contributed by atoms with Crippen molar-refractivity contribution in [2.75, 3.05) is 29.5 Å². The van der Waals surface area contributed by atoms with Gasteiger partial charge in [0.15, 0.2) is 15.6 Å². The van der Waals surface area contributed by atoms with Gasteiger partial charge in [-0.2, -0.15) is 5.26 Å². The number of carbonyl (C=O) groups excluding carboxylic acids is 1. The molecule has 0 N–H and O–H groups in total. The standard InChI is InChI=1S/C29H36FN3O4S/c1-28(2,3)27-32-25(22-9-6-20(30)16-23(22)24(34)17-29(18-31)10-11-29)26(37-27)19-4-7-21(8-5-19)33-12-14-38(35,36)15-13-33/h4-5,7-8,20,22-23H,6,9-17H2,1-3H3/t20-,22+,23+/m0/s1. The van der Waals surface area contributed by atoms with E-state index in [-0.39, 0.29) is 41.5 Å². The van der Waals surface area contributed by atoms with E-state index >= 15 is 0 Å². The maximum absolute atomic E-state index is 14.6. The van der Waals surface area contributed by atoms with Gasteiger partial charge in [0, 0.05) is 48.0 Å². The number of anilines is 1. The van der Waals surface area contributed by atoms with E-state index in [0.29, 0.717) is 43.3 Å². The number of hydrogen-bond acceptors (Lipinski definition) is 7. The zero-order chi connectivity index (χ0) is 27.3. The number of halogens is 1. The number of benzene rings is 1. The highest BCUT2D eigenvalue weighted by molar-refractivity contribution is 7.91. The van der Waals surface area contributed by atoms with E-state index < -0.39 is 27.3 Å². The molecule has 3 atom stereocenters. The molecule has 2 heterocycles. The molecule has 0 radical (unpaired) electrons. The number of ketones is 1. The number of sulfone groups is 1.